The van der Waals surface area contributed by atoms with Crippen molar-refractivity contribution < 1.29 is 13.9 Å². The second-order valence-electron chi connectivity index (χ2n) is 12.4. The van der Waals surface area contributed by atoms with Gasteiger partial charge in [0.15, 0.2) is 16.6 Å². The Morgan fingerprint density at radius 3 is 2.27 bits per heavy atom. The molecule has 1 unspecified atom stereocenters. The van der Waals surface area contributed by atoms with Gasteiger partial charge in [-0.15, -0.1) is 0 Å². The first kappa shape index (κ1) is 20.8. The molecule has 6 nitrogen and oxygen atoms in total. The van der Waals surface area contributed by atoms with Crippen molar-refractivity contribution in [2.24, 2.45) is 0 Å². The number of aromatic nitrogens is 5. The summed E-state index contributed by atoms with van der Waals surface area (Å²) in [4.78, 5) is 4.81. The van der Waals surface area contributed by atoms with Gasteiger partial charge >= 0.3 is 5.66 Å². The molecule has 6 heteroatoms. The van der Waals surface area contributed by atoms with Gasteiger partial charge < -0.3 is 4.74 Å². The van der Waals surface area contributed by atoms with E-state index in [1.54, 1.807) is 0 Å². The maximum absolute atomic E-state index is 6.98. The summed E-state index contributed by atoms with van der Waals surface area (Å²) in [5.41, 5.74) is 8.67. The third kappa shape index (κ3) is 1.83. The molecule has 0 saturated carbocycles. The molecule has 13 rings (SSSR count). The standard InChI is InChI=1S/C38H19N5O/c1-2-8-27-20(6-1)22-11-14-28-32-35(22)42(27)30-9-3-4-18-40(30)38(32)33-29(44-28)15-12-23-21-16-17-39-26-13-10-24-25-7-5-19-41(38)37(25)43(36(23)33)34(24)31(21)26/h1-19H/q+2. The molecular weight excluding hydrogens is 542 g/mol. The van der Waals surface area contributed by atoms with Crippen molar-refractivity contribution >= 4 is 70.9 Å². The van der Waals surface area contributed by atoms with E-state index >= 15 is 0 Å². The lowest BCUT2D eigenvalue weighted by atomic mass is 9.81. The van der Waals surface area contributed by atoms with Crippen LogP contribution >= 0.6 is 0 Å². The van der Waals surface area contributed by atoms with Crippen LogP contribution in [-0.2, 0) is 5.66 Å². The van der Waals surface area contributed by atoms with Gasteiger partial charge in [0.1, 0.15) is 28.1 Å². The average Bonchev–Trinajstić information content (AvgIpc) is 3.61. The molecule has 3 aliphatic rings. The third-order valence-electron chi connectivity index (χ3n) is 10.7. The fourth-order valence-corrected chi connectivity index (χ4v) is 9.30. The van der Waals surface area contributed by atoms with Gasteiger partial charge in [-0.05, 0) is 72.8 Å². The molecule has 0 amide bonds. The number of hydrogen-bond acceptors (Lipinski definition) is 2. The van der Waals surface area contributed by atoms with Crippen molar-refractivity contribution in [1.29, 1.82) is 0 Å². The second-order valence-corrected chi connectivity index (χ2v) is 12.4. The van der Waals surface area contributed by atoms with Gasteiger partial charge in [-0.1, -0.05) is 18.2 Å². The summed E-state index contributed by atoms with van der Waals surface area (Å²) >= 11 is 0. The van der Waals surface area contributed by atoms with Crippen LogP contribution in [0.15, 0.2) is 116 Å². The highest BCUT2D eigenvalue weighted by Crippen LogP contribution is 2.56. The van der Waals surface area contributed by atoms with E-state index in [2.05, 4.69) is 128 Å². The highest BCUT2D eigenvalue weighted by atomic mass is 16.5. The van der Waals surface area contributed by atoms with Crippen LogP contribution < -0.4 is 13.9 Å². The molecule has 6 aromatic heterocycles. The first-order chi connectivity index (χ1) is 21.9. The van der Waals surface area contributed by atoms with E-state index in [-0.39, 0.29) is 0 Å². The Bertz CT molecular complexity index is 3040. The van der Waals surface area contributed by atoms with Gasteiger partial charge in [0.2, 0.25) is 0 Å². The predicted octanol–water partition coefficient (Wildman–Crippen LogP) is 7.09. The van der Waals surface area contributed by atoms with Gasteiger partial charge in [-0.3, -0.25) is 4.98 Å². The van der Waals surface area contributed by atoms with Gasteiger partial charge in [0, 0.05) is 39.2 Å². The summed E-state index contributed by atoms with van der Waals surface area (Å²) in [5.74, 6) is 2.92. The molecule has 10 aromatic rings. The van der Waals surface area contributed by atoms with E-state index in [0.717, 1.165) is 22.8 Å². The van der Waals surface area contributed by atoms with Crippen LogP contribution in [0.5, 0.6) is 11.5 Å². The average molecular weight is 562 g/mol. The van der Waals surface area contributed by atoms with Crippen LogP contribution in [0.2, 0.25) is 0 Å². The molecule has 44 heavy (non-hydrogen) atoms. The number of nitrogens with zero attached hydrogens (tertiary/aromatic N) is 5. The summed E-state index contributed by atoms with van der Waals surface area (Å²) in [5, 5.41) is 8.63. The summed E-state index contributed by atoms with van der Waals surface area (Å²) in [7, 11) is 0. The molecular formula is C38H19N5O+2. The molecule has 4 aromatic carbocycles. The molecule has 1 spiro atoms. The Morgan fingerprint density at radius 2 is 1.34 bits per heavy atom. The Balaban J connectivity index is 1.42. The minimum Gasteiger partial charge on any atom is -0.456 e. The molecule has 0 saturated heterocycles. The van der Waals surface area contributed by atoms with Crippen LogP contribution in [-0.4, -0.2) is 14.0 Å². The predicted molar refractivity (Wildman–Crippen MR) is 169 cm³/mol. The van der Waals surface area contributed by atoms with Crippen molar-refractivity contribution in [2.45, 2.75) is 5.66 Å². The number of para-hydroxylation sites is 1. The lowest BCUT2D eigenvalue weighted by Gasteiger charge is -2.40. The first-order valence-corrected chi connectivity index (χ1v) is 15.1. The molecule has 3 aliphatic heterocycles. The number of rotatable bonds is 0. The monoisotopic (exact) mass is 561 g/mol. The minimum atomic E-state index is -0.720. The van der Waals surface area contributed by atoms with Crippen molar-refractivity contribution in [2.75, 3.05) is 0 Å². The van der Waals surface area contributed by atoms with Gasteiger partial charge in [-0.25, -0.2) is 0 Å². The molecule has 200 valence electrons. The normalized spacial score (nSPS) is 17.4. The largest absolute Gasteiger partial charge is 0.456 e. The number of benzene rings is 4. The highest BCUT2D eigenvalue weighted by Gasteiger charge is 2.63. The first-order valence-electron chi connectivity index (χ1n) is 15.1. The molecule has 0 aliphatic carbocycles. The molecule has 9 heterocycles. The van der Waals surface area contributed by atoms with Gasteiger partial charge in [0.05, 0.1) is 28.7 Å². The SMILES string of the molecule is c1cc[n+]2c(c1)-n1c3ccccc3c3ccc4c(c31)C21c2c(ccc3c5ccnc6ccc7c8ccc[n+]1c8n(c23)c7c65)O4. The Hall–Kier alpha value is -6.01. The second kappa shape index (κ2) is 6.33. The van der Waals surface area contributed by atoms with Crippen molar-refractivity contribution in [3.63, 3.8) is 0 Å². The fourth-order valence-electron chi connectivity index (χ4n) is 9.30. The van der Waals surface area contributed by atoms with E-state index in [1.807, 2.05) is 6.20 Å². The quantitative estimate of drug-likeness (QED) is 0.113. The maximum atomic E-state index is 6.98. The van der Waals surface area contributed by atoms with E-state index in [1.165, 1.54) is 76.5 Å². The summed E-state index contributed by atoms with van der Waals surface area (Å²) in [6.07, 6.45) is 6.48. The van der Waals surface area contributed by atoms with Gasteiger partial charge in [-0.2, -0.15) is 18.1 Å². The zero-order chi connectivity index (χ0) is 28.1. The highest BCUT2D eigenvalue weighted by molar-refractivity contribution is 6.28. The summed E-state index contributed by atoms with van der Waals surface area (Å²) in [6, 6.07) is 35.3. The van der Waals surface area contributed by atoms with E-state index in [4.69, 9.17) is 9.72 Å². The number of fused-ring (bicyclic) bond motifs is 7. The van der Waals surface area contributed by atoms with Crippen LogP contribution in [0.1, 0.15) is 11.1 Å². The van der Waals surface area contributed by atoms with Crippen molar-refractivity contribution in [1.82, 2.24) is 14.0 Å². The van der Waals surface area contributed by atoms with E-state index in [0.29, 0.717) is 0 Å². The third-order valence-corrected chi connectivity index (χ3v) is 10.7. The van der Waals surface area contributed by atoms with Gasteiger partial charge in [0.25, 0.3) is 11.5 Å². The lowest BCUT2D eigenvalue weighted by Crippen LogP contribution is -2.78. The van der Waals surface area contributed by atoms with E-state index < -0.39 is 5.66 Å². The smallest absolute Gasteiger partial charge is 0.321 e. The molecule has 0 fully saturated rings. The number of hydrogen-bond donors (Lipinski definition) is 0. The lowest BCUT2D eigenvalue weighted by molar-refractivity contribution is -0.960. The Labute approximate surface area is 248 Å². The fraction of sp³-hybridized carbons (Fsp3) is 0.0263. The van der Waals surface area contributed by atoms with Crippen LogP contribution in [0.25, 0.3) is 76.8 Å². The van der Waals surface area contributed by atoms with Crippen LogP contribution in [0.3, 0.4) is 0 Å². The topological polar surface area (TPSA) is 39.2 Å². The number of ether oxygens (including phenoxy) is 1. The maximum Gasteiger partial charge on any atom is 0.321 e. The zero-order valence-electron chi connectivity index (χ0n) is 23.1. The molecule has 0 radical (unpaired) electrons. The Morgan fingerprint density at radius 1 is 0.591 bits per heavy atom. The van der Waals surface area contributed by atoms with Crippen LogP contribution in [0.4, 0.5) is 0 Å². The minimum absolute atomic E-state index is 0.720. The Kier molecular flexibility index (Phi) is 2.99. The van der Waals surface area contributed by atoms with Crippen molar-refractivity contribution in [3.05, 3.63) is 127 Å². The molecule has 1 atom stereocenters. The summed E-state index contributed by atoms with van der Waals surface area (Å²) in [6.45, 7) is 0. The van der Waals surface area contributed by atoms with Crippen LogP contribution in [0, 0.1) is 0 Å². The van der Waals surface area contributed by atoms with Crippen molar-refractivity contribution in [3.8, 4) is 17.3 Å². The summed E-state index contributed by atoms with van der Waals surface area (Å²) < 4.78 is 16.9. The zero-order valence-corrected chi connectivity index (χ0v) is 23.1. The van der Waals surface area contributed by atoms with E-state index in [9.17, 15) is 0 Å². The number of pyridine rings is 4. The molecule has 0 bridgehead atoms. The molecule has 0 N–H and O–H groups in total.